The van der Waals surface area contributed by atoms with Crippen LogP contribution in [0, 0.1) is 0 Å². The topological polar surface area (TPSA) is 55.0 Å². The van der Waals surface area contributed by atoms with Crippen LogP contribution in [0.15, 0.2) is 29.9 Å². The summed E-state index contributed by atoms with van der Waals surface area (Å²) in [6.45, 7) is 2.07. The quantitative estimate of drug-likeness (QED) is 0.834. The number of H-pyrrole nitrogens is 1. The molecule has 1 heterocycles. The predicted octanol–water partition coefficient (Wildman–Crippen LogP) is 2.35. The number of nitrogens with zero attached hydrogens (tertiary/aromatic N) is 1. The number of carbonyl (C=O) groups excluding carboxylic acids is 1. The van der Waals surface area contributed by atoms with Gasteiger partial charge in [0.05, 0.1) is 6.61 Å². The molecule has 0 fully saturated rings. The van der Waals surface area contributed by atoms with E-state index in [1.165, 1.54) is 6.08 Å². The van der Waals surface area contributed by atoms with Crippen molar-refractivity contribution in [1.29, 1.82) is 0 Å². The molecule has 0 saturated carbocycles. The summed E-state index contributed by atoms with van der Waals surface area (Å²) in [6.07, 6.45) is 5.29. The highest BCUT2D eigenvalue weighted by Gasteiger charge is 2.12. The van der Waals surface area contributed by atoms with Crippen LogP contribution in [0.2, 0.25) is 0 Å². The molecule has 1 N–H and O–H groups in total. The third-order valence-corrected chi connectivity index (χ3v) is 2.63. The van der Waals surface area contributed by atoms with Gasteiger partial charge < -0.3 is 4.74 Å². The minimum atomic E-state index is -0.884. The van der Waals surface area contributed by atoms with Crippen molar-refractivity contribution in [3.8, 4) is 0 Å². The lowest BCUT2D eigenvalue weighted by molar-refractivity contribution is 0.0519. The van der Waals surface area contributed by atoms with Gasteiger partial charge in [-0.25, -0.2) is 9.18 Å². The third-order valence-electron chi connectivity index (χ3n) is 2.63. The summed E-state index contributed by atoms with van der Waals surface area (Å²) in [7, 11) is 0. The van der Waals surface area contributed by atoms with Gasteiger partial charge in [0.2, 0.25) is 0 Å². The first-order valence-corrected chi connectivity index (χ1v) is 5.91. The fourth-order valence-corrected chi connectivity index (χ4v) is 1.75. The first-order valence-electron chi connectivity index (χ1n) is 5.91. The van der Waals surface area contributed by atoms with Crippen molar-refractivity contribution in [2.45, 2.75) is 25.9 Å². The normalized spacial score (nSPS) is 18.6. The molecule has 0 amide bonds. The second kappa shape index (κ2) is 5.62. The molecular formula is C13H15FN2O2. The lowest BCUT2D eigenvalue weighted by Crippen LogP contribution is -2.04. The molecule has 5 heteroatoms. The average molecular weight is 250 g/mol. The zero-order valence-corrected chi connectivity index (χ0v) is 10.1. The van der Waals surface area contributed by atoms with Crippen LogP contribution in [0.5, 0.6) is 0 Å². The largest absolute Gasteiger partial charge is 0.461 e. The fourth-order valence-electron chi connectivity index (χ4n) is 1.75. The first kappa shape index (κ1) is 12.5. The number of ether oxygens (including phenoxy) is 1. The van der Waals surface area contributed by atoms with Crippen LogP contribution < -0.4 is 0 Å². The zero-order chi connectivity index (χ0) is 13.0. The zero-order valence-electron chi connectivity index (χ0n) is 10.1. The summed E-state index contributed by atoms with van der Waals surface area (Å²) in [4.78, 5) is 11.4. The van der Waals surface area contributed by atoms with E-state index >= 15 is 0 Å². The summed E-state index contributed by atoms with van der Waals surface area (Å²) in [5.74, 6) is -0.433. The molecule has 0 aliphatic heterocycles. The second-order valence-corrected chi connectivity index (χ2v) is 4.07. The van der Waals surface area contributed by atoms with Crippen molar-refractivity contribution in [3.63, 3.8) is 0 Å². The van der Waals surface area contributed by atoms with E-state index in [-0.39, 0.29) is 5.69 Å². The molecule has 2 rings (SSSR count). The Hall–Kier alpha value is -1.91. The van der Waals surface area contributed by atoms with Crippen LogP contribution in [-0.2, 0) is 11.2 Å². The van der Waals surface area contributed by atoms with Crippen molar-refractivity contribution in [3.05, 3.63) is 41.3 Å². The number of hydrogen-bond acceptors (Lipinski definition) is 3. The van der Waals surface area contributed by atoms with Crippen molar-refractivity contribution < 1.29 is 13.9 Å². The van der Waals surface area contributed by atoms with Gasteiger partial charge in [0, 0.05) is 18.5 Å². The predicted molar refractivity (Wildman–Crippen MR) is 65.0 cm³/mol. The highest BCUT2D eigenvalue weighted by Crippen LogP contribution is 2.17. The Morgan fingerprint density at radius 1 is 1.67 bits per heavy atom. The maximum Gasteiger partial charge on any atom is 0.358 e. The smallest absolute Gasteiger partial charge is 0.358 e. The van der Waals surface area contributed by atoms with Gasteiger partial charge in [-0.1, -0.05) is 18.2 Å². The molecule has 0 spiro atoms. The Bertz CT molecular complexity index is 491. The molecule has 96 valence electrons. The van der Waals surface area contributed by atoms with Crippen molar-refractivity contribution in [2.75, 3.05) is 6.61 Å². The van der Waals surface area contributed by atoms with Gasteiger partial charge in [0.25, 0.3) is 0 Å². The van der Waals surface area contributed by atoms with Gasteiger partial charge >= 0.3 is 5.97 Å². The van der Waals surface area contributed by atoms with Crippen LogP contribution in [0.1, 0.15) is 29.5 Å². The van der Waals surface area contributed by atoms with E-state index in [0.717, 1.165) is 11.3 Å². The first-order chi connectivity index (χ1) is 8.69. The Morgan fingerprint density at radius 2 is 2.50 bits per heavy atom. The number of halogens is 1. The molecule has 1 aromatic heterocycles. The lowest BCUT2D eigenvalue weighted by Gasteiger charge is -2.08. The van der Waals surface area contributed by atoms with E-state index in [1.54, 1.807) is 19.1 Å². The van der Waals surface area contributed by atoms with E-state index in [0.29, 0.717) is 19.4 Å². The fraction of sp³-hybridized carbons (Fsp3) is 0.385. The SMILES string of the molecule is CCOC(=O)c1cc(CC2=CC[C@H](F)C=C2)[nH]n1. The molecule has 4 nitrogen and oxygen atoms in total. The average Bonchev–Trinajstić information content (AvgIpc) is 2.81. The van der Waals surface area contributed by atoms with E-state index < -0.39 is 12.1 Å². The number of alkyl halides is 1. The third kappa shape index (κ3) is 3.06. The number of nitrogens with one attached hydrogen (secondary N) is 1. The number of aromatic nitrogens is 2. The van der Waals surface area contributed by atoms with E-state index in [1.807, 2.05) is 6.08 Å². The molecule has 18 heavy (non-hydrogen) atoms. The Balaban J connectivity index is 1.99. The summed E-state index contributed by atoms with van der Waals surface area (Å²) >= 11 is 0. The minimum Gasteiger partial charge on any atom is -0.461 e. The van der Waals surface area contributed by atoms with Crippen molar-refractivity contribution >= 4 is 5.97 Å². The van der Waals surface area contributed by atoms with E-state index in [9.17, 15) is 9.18 Å². The highest BCUT2D eigenvalue weighted by atomic mass is 19.1. The monoisotopic (exact) mass is 250 g/mol. The van der Waals surface area contributed by atoms with Crippen LogP contribution in [0.3, 0.4) is 0 Å². The number of carbonyl (C=O) groups is 1. The lowest BCUT2D eigenvalue weighted by atomic mass is 10.0. The minimum absolute atomic E-state index is 0.274. The Labute approximate surface area is 105 Å². The Kier molecular flexibility index (Phi) is 3.92. The number of rotatable bonds is 4. The van der Waals surface area contributed by atoms with Gasteiger partial charge in [-0.05, 0) is 18.6 Å². The number of aromatic amines is 1. The van der Waals surface area contributed by atoms with Crippen molar-refractivity contribution in [1.82, 2.24) is 10.2 Å². The number of hydrogen-bond donors (Lipinski definition) is 1. The summed E-state index contributed by atoms with van der Waals surface area (Å²) in [6, 6.07) is 1.66. The molecule has 0 unspecified atom stereocenters. The van der Waals surface area contributed by atoms with Gasteiger partial charge in [0.15, 0.2) is 5.69 Å². The van der Waals surface area contributed by atoms with Gasteiger partial charge in [-0.2, -0.15) is 5.10 Å². The standard InChI is InChI=1S/C13H15FN2O2/c1-2-18-13(17)12-8-11(15-16-12)7-9-3-5-10(14)6-4-9/h3-5,8,10H,2,6-7H2,1H3,(H,15,16)/t10-/m1/s1. The molecule has 0 bridgehead atoms. The van der Waals surface area contributed by atoms with Crippen LogP contribution in [0.4, 0.5) is 4.39 Å². The molecule has 0 saturated heterocycles. The molecule has 1 aliphatic rings. The molecular weight excluding hydrogens is 235 g/mol. The van der Waals surface area contributed by atoms with E-state index in [2.05, 4.69) is 10.2 Å². The molecule has 1 aromatic rings. The maximum absolute atomic E-state index is 12.9. The highest BCUT2D eigenvalue weighted by molar-refractivity contribution is 5.87. The molecule has 1 atom stereocenters. The molecule has 1 aliphatic carbocycles. The Morgan fingerprint density at radius 3 is 3.17 bits per heavy atom. The maximum atomic E-state index is 12.9. The van der Waals surface area contributed by atoms with Crippen LogP contribution in [0.25, 0.3) is 0 Å². The number of esters is 1. The second-order valence-electron chi connectivity index (χ2n) is 4.07. The van der Waals surface area contributed by atoms with Crippen LogP contribution >= 0.6 is 0 Å². The summed E-state index contributed by atoms with van der Waals surface area (Å²) in [5.41, 5.74) is 2.10. The summed E-state index contributed by atoms with van der Waals surface area (Å²) < 4.78 is 17.7. The molecule has 0 radical (unpaired) electrons. The van der Waals surface area contributed by atoms with Crippen molar-refractivity contribution in [2.24, 2.45) is 0 Å². The van der Waals surface area contributed by atoms with Gasteiger partial charge in [-0.3, -0.25) is 5.10 Å². The van der Waals surface area contributed by atoms with Gasteiger partial charge in [0.1, 0.15) is 6.17 Å². The van der Waals surface area contributed by atoms with E-state index in [4.69, 9.17) is 4.74 Å². The summed E-state index contributed by atoms with van der Waals surface area (Å²) in [5, 5.41) is 6.67. The molecule has 0 aromatic carbocycles. The van der Waals surface area contributed by atoms with Gasteiger partial charge in [-0.15, -0.1) is 0 Å². The number of allylic oxidation sites excluding steroid dienone is 4. The van der Waals surface area contributed by atoms with Crippen LogP contribution in [-0.4, -0.2) is 28.9 Å².